The maximum Gasteiger partial charge on any atom is 0.253 e. The summed E-state index contributed by atoms with van der Waals surface area (Å²) < 4.78 is 13.0. The highest BCUT2D eigenvalue weighted by Gasteiger charge is 2.52. The monoisotopic (exact) mass is 339 g/mol. The molecule has 1 spiro atoms. The van der Waals surface area contributed by atoms with Crippen LogP contribution in [0.1, 0.15) is 23.2 Å². The number of carbonyl (C=O) groups is 2. The second-order valence-corrected chi connectivity index (χ2v) is 6.68. The largest absolute Gasteiger partial charge is 0.338 e. The number of anilines is 1. The molecule has 0 aliphatic carbocycles. The summed E-state index contributed by atoms with van der Waals surface area (Å²) in [5.74, 6) is -0.452. The van der Waals surface area contributed by atoms with Crippen LogP contribution in [0, 0.1) is 11.2 Å². The van der Waals surface area contributed by atoms with Crippen LogP contribution in [-0.4, -0.2) is 41.3 Å². The number of amides is 2. The molecule has 4 rings (SSSR count). The van der Waals surface area contributed by atoms with E-state index in [-0.39, 0.29) is 17.6 Å². The molecule has 2 aromatic rings. The van der Waals surface area contributed by atoms with Crippen molar-refractivity contribution in [3.05, 3.63) is 60.2 Å². The molecule has 1 aromatic carbocycles. The first-order valence-electron chi connectivity index (χ1n) is 8.36. The van der Waals surface area contributed by atoms with Crippen molar-refractivity contribution in [2.24, 2.45) is 5.41 Å². The standard InChI is InChI=1S/C19H18FN3O2/c20-15-5-3-14(4-6-15)17(24)22-10-7-19(13-22)8-11-23(18(19)25)16-2-1-9-21-12-16/h1-6,9,12H,7-8,10-11,13H2. The first-order valence-corrected chi connectivity index (χ1v) is 8.36. The van der Waals surface area contributed by atoms with Crippen LogP contribution in [-0.2, 0) is 4.79 Å². The zero-order valence-electron chi connectivity index (χ0n) is 13.7. The number of carbonyl (C=O) groups excluding carboxylic acids is 2. The fraction of sp³-hybridized carbons (Fsp3) is 0.316. The quantitative estimate of drug-likeness (QED) is 0.845. The lowest BCUT2D eigenvalue weighted by molar-refractivity contribution is -0.124. The van der Waals surface area contributed by atoms with Gasteiger partial charge in [0, 0.05) is 31.4 Å². The van der Waals surface area contributed by atoms with Gasteiger partial charge in [-0.15, -0.1) is 0 Å². The highest BCUT2D eigenvalue weighted by molar-refractivity contribution is 6.01. The summed E-state index contributed by atoms with van der Waals surface area (Å²) in [5.41, 5.74) is 0.742. The maximum atomic E-state index is 13.0. The summed E-state index contributed by atoms with van der Waals surface area (Å²) in [5, 5.41) is 0. The van der Waals surface area contributed by atoms with Crippen LogP contribution in [0.25, 0.3) is 0 Å². The van der Waals surface area contributed by atoms with E-state index >= 15 is 0 Å². The smallest absolute Gasteiger partial charge is 0.253 e. The molecule has 3 heterocycles. The number of pyridine rings is 1. The summed E-state index contributed by atoms with van der Waals surface area (Å²) in [6.45, 7) is 1.60. The number of hydrogen-bond donors (Lipinski definition) is 0. The highest BCUT2D eigenvalue weighted by Crippen LogP contribution is 2.42. The summed E-state index contributed by atoms with van der Waals surface area (Å²) in [4.78, 5) is 33.2. The third kappa shape index (κ3) is 2.67. The van der Waals surface area contributed by atoms with Gasteiger partial charge >= 0.3 is 0 Å². The fourth-order valence-electron chi connectivity index (χ4n) is 3.78. The lowest BCUT2D eigenvalue weighted by Crippen LogP contribution is -2.38. The Morgan fingerprint density at radius 1 is 1.12 bits per heavy atom. The molecular weight excluding hydrogens is 321 g/mol. The highest BCUT2D eigenvalue weighted by atomic mass is 19.1. The molecular formula is C19H18FN3O2. The molecule has 0 radical (unpaired) electrons. The maximum absolute atomic E-state index is 13.0. The molecule has 2 aliphatic heterocycles. The van der Waals surface area contributed by atoms with Gasteiger partial charge in [-0.1, -0.05) is 0 Å². The van der Waals surface area contributed by atoms with Crippen LogP contribution in [0.4, 0.5) is 10.1 Å². The van der Waals surface area contributed by atoms with Gasteiger partial charge in [0.05, 0.1) is 17.3 Å². The number of hydrogen-bond acceptors (Lipinski definition) is 3. The Kier molecular flexibility index (Phi) is 3.75. The molecule has 0 saturated carbocycles. The summed E-state index contributed by atoms with van der Waals surface area (Å²) in [6.07, 6.45) is 4.76. The molecule has 5 nitrogen and oxygen atoms in total. The molecule has 1 atom stereocenters. The van der Waals surface area contributed by atoms with Gasteiger partial charge < -0.3 is 9.80 Å². The average Bonchev–Trinajstić information content (AvgIpc) is 3.21. The van der Waals surface area contributed by atoms with Gasteiger partial charge in [0.2, 0.25) is 5.91 Å². The van der Waals surface area contributed by atoms with Crippen LogP contribution in [0.2, 0.25) is 0 Å². The second-order valence-electron chi connectivity index (χ2n) is 6.68. The first kappa shape index (κ1) is 15.7. The molecule has 0 bridgehead atoms. The van der Waals surface area contributed by atoms with E-state index in [1.54, 1.807) is 22.2 Å². The predicted octanol–water partition coefficient (Wildman–Crippen LogP) is 2.49. The van der Waals surface area contributed by atoms with Gasteiger partial charge in [-0.25, -0.2) is 4.39 Å². The van der Waals surface area contributed by atoms with E-state index in [2.05, 4.69) is 4.98 Å². The van der Waals surface area contributed by atoms with E-state index in [9.17, 15) is 14.0 Å². The number of rotatable bonds is 2. The van der Waals surface area contributed by atoms with Gasteiger partial charge in [-0.05, 0) is 49.2 Å². The van der Waals surface area contributed by atoms with E-state index in [4.69, 9.17) is 0 Å². The Morgan fingerprint density at radius 3 is 2.60 bits per heavy atom. The molecule has 2 amide bonds. The topological polar surface area (TPSA) is 53.5 Å². The molecule has 0 N–H and O–H groups in total. The normalized spacial score (nSPS) is 22.8. The molecule has 2 saturated heterocycles. The zero-order chi connectivity index (χ0) is 17.4. The first-order chi connectivity index (χ1) is 12.1. The van der Waals surface area contributed by atoms with Crippen molar-refractivity contribution in [1.29, 1.82) is 0 Å². The number of nitrogens with zero attached hydrogens (tertiary/aromatic N) is 3. The van der Waals surface area contributed by atoms with E-state index in [1.807, 2.05) is 12.1 Å². The third-order valence-electron chi connectivity index (χ3n) is 5.20. The minimum atomic E-state index is -0.508. The van der Waals surface area contributed by atoms with E-state index in [0.29, 0.717) is 31.6 Å². The van der Waals surface area contributed by atoms with Crippen LogP contribution >= 0.6 is 0 Å². The SMILES string of the molecule is O=C(c1ccc(F)cc1)N1CCC2(CCN(c3cccnc3)C2=O)C1. The predicted molar refractivity (Wildman–Crippen MR) is 90.6 cm³/mol. The Bertz CT molecular complexity index is 809. The van der Waals surface area contributed by atoms with E-state index in [1.165, 1.54) is 24.3 Å². The molecule has 1 aromatic heterocycles. The molecule has 2 fully saturated rings. The van der Waals surface area contributed by atoms with Crippen molar-refractivity contribution in [1.82, 2.24) is 9.88 Å². The van der Waals surface area contributed by atoms with Crippen LogP contribution < -0.4 is 4.90 Å². The van der Waals surface area contributed by atoms with Crippen molar-refractivity contribution in [3.63, 3.8) is 0 Å². The Morgan fingerprint density at radius 2 is 1.88 bits per heavy atom. The van der Waals surface area contributed by atoms with Gasteiger partial charge in [-0.2, -0.15) is 0 Å². The van der Waals surface area contributed by atoms with Crippen molar-refractivity contribution >= 4 is 17.5 Å². The lowest BCUT2D eigenvalue weighted by Gasteiger charge is -2.23. The molecule has 25 heavy (non-hydrogen) atoms. The Balaban J connectivity index is 1.51. The number of likely N-dealkylation sites (tertiary alicyclic amines) is 1. The van der Waals surface area contributed by atoms with Crippen LogP contribution in [0.15, 0.2) is 48.8 Å². The van der Waals surface area contributed by atoms with Crippen LogP contribution in [0.5, 0.6) is 0 Å². The zero-order valence-corrected chi connectivity index (χ0v) is 13.7. The van der Waals surface area contributed by atoms with Crippen molar-refractivity contribution < 1.29 is 14.0 Å². The number of aromatic nitrogens is 1. The van der Waals surface area contributed by atoms with E-state index < -0.39 is 5.41 Å². The minimum absolute atomic E-state index is 0.0647. The summed E-state index contributed by atoms with van der Waals surface area (Å²) in [6, 6.07) is 9.23. The van der Waals surface area contributed by atoms with Gasteiger partial charge in [0.25, 0.3) is 5.91 Å². The lowest BCUT2D eigenvalue weighted by atomic mass is 9.85. The summed E-state index contributed by atoms with van der Waals surface area (Å²) in [7, 11) is 0. The van der Waals surface area contributed by atoms with E-state index in [0.717, 1.165) is 12.1 Å². The minimum Gasteiger partial charge on any atom is -0.338 e. The van der Waals surface area contributed by atoms with Gasteiger partial charge in [0.1, 0.15) is 5.82 Å². The van der Waals surface area contributed by atoms with Crippen LogP contribution in [0.3, 0.4) is 0 Å². The molecule has 1 unspecified atom stereocenters. The fourth-order valence-corrected chi connectivity index (χ4v) is 3.78. The molecule has 2 aliphatic rings. The Hall–Kier alpha value is -2.76. The van der Waals surface area contributed by atoms with Crippen molar-refractivity contribution in [2.45, 2.75) is 12.8 Å². The molecule has 128 valence electrons. The van der Waals surface area contributed by atoms with Gasteiger partial charge in [-0.3, -0.25) is 14.6 Å². The van der Waals surface area contributed by atoms with Crippen molar-refractivity contribution in [3.8, 4) is 0 Å². The number of benzene rings is 1. The summed E-state index contributed by atoms with van der Waals surface area (Å²) >= 11 is 0. The number of halogens is 1. The third-order valence-corrected chi connectivity index (χ3v) is 5.20. The molecule has 6 heteroatoms. The average molecular weight is 339 g/mol. The second kappa shape index (κ2) is 5.95. The van der Waals surface area contributed by atoms with Gasteiger partial charge in [0.15, 0.2) is 0 Å². The van der Waals surface area contributed by atoms with Crippen molar-refractivity contribution in [2.75, 3.05) is 24.5 Å². The Labute approximate surface area is 145 Å².